The van der Waals surface area contributed by atoms with Gasteiger partial charge in [0.2, 0.25) is 0 Å². The highest BCUT2D eigenvalue weighted by Gasteiger charge is 1.94. The predicted molar refractivity (Wildman–Crippen MR) is 40.7 cm³/mol. The van der Waals surface area contributed by atoms with E-state index in [0.717, 1.165) is 10.3 Å². The van der Waals surface area contributed by atoms with E-state index in [1.807, 2.05) is 18.3 Å². The molecule has 0 aliphatic carbocycles. The van der Waals surface area contributed by atoms with Crippen molar-refractivity contribution in [3.05, 3.63) is 29.1 Å². The monoisotopic (exact) mass is 197 g/mol. The van der Waals surface area contributed by atoms with Gasteiger partial charge in [0, 0.05) is 6.20 Å². The summed E-state index contributed by atoms with van der Waals surface area (Å²) in [5.74, 6) is 0. The van der Waals surface area contributed by atoms with Gasteiger partial charge in [-0.1, -0.05) is 0 Å². The number of imidazole rings is 1. The molecule has 2 aromatic heterocycles. The first-order chi connectivity index (χ1) is 4.86. The van der Waals surface area contributed by atoms with Crippen LogP contribution in [-0.4, -0.2) is 14.6 Å². The number of hydrogen-bond acceptors (Lipinski definition) is 2. The fraction of sp³-hybridized carbons (Fsp3) is 0. The van der Waals surface area contributed by atoms with Crippen molar-refractivity contribution in [2.45, 2.75) is 0 Å². The van der Waals surface area contributed by atoms with E-state index in [9.17, 15) is 0 Å². The summed E-state index contributed by atoms with van der Waals surface area (Å²) in [7, 11) is 0. The summed E-state index contributed by atoms with van der Waals surface area (Å²) in [5.41, 5.74) is 0.856. The minimum atomic E-state index is 0.811. The minimum Gasteiger partial charge on any atom is -0.220 e. The highest BCUT2D eigenvalue weighted by atomic mass is 79.9. The Bertz CT molecular complexity index is 322. The molecule has 0 bridgehead atoms. The summed E-state index contributed by atoms with van der Waals surface area (Å²) >= 11 is 3.25. The van der Waals surface area contributed by atoms with Gasteiger partial charge < -0.3 is 0 Å². The SMILES string of the molecule is Brc1cn2ncccc2n1. The maximum atomic E-state index is 4.13. The summed E-state index contributed by atoms with van der Waals surface area (Å²) < 4.78 is 2.52. The number of aromatic nitrogens is 3. The van der Waals surface area contributed by atoms with Crippen molar-refractivity contribution in [1.82, 2.24) is 14.6 Å². The van der Waals surface area contributed by atoms with Crippen LogP contribution < -0.4 is 0 Å². The van der Waals surface area contributed by atoms with E-state index < -0.39 is 0 Å². The molecule has 0 aromatic carbocycles. The quantitative estimate of drug-likeness (QED) is 0.641. The Morgan fingerprint density at radius 2 is 2.40 bits per heavy atom. The second-order valence-electron chi connectivity index (χ2n) is 1.89. The van der Waals surface area contributed by atoms with Crippen LogP contribution in [0.25, 0.3) is 5.65 Å². The van der Waals surface area contributed by atoms with Crippen molar-refractivity contribution in [3.63, 3.8) is 0 Å². The molecule has 10 heavy (non-hydrogen) atoms. The fourth-order valence-corrected chi connectivity index (χ4v) is 1.18. The molecular formula is C6H4BrN3. The number of halogens is 1. The molecule has 0 saturated carbocycles. The maximum Gasteiger partial charge on any atom is 0.154 e. The Kier molecular flexibility index (Phi) is 1.20. The number of rotatable bonds is 0. The number of nitrogens with zero attached hydrogens (tertiary/aromatic N) is 3. The zero-order valence-corrected chi connectivity index (χ0v) is 6.62. The van der Waals surface area contributed by atoms with Gasteiger partial charge in [0.1, 0.15) is 4.60 Å². The average molecular weight is 198 g/mol. The molecule has 0 radical (unpaired) electrons. The van der Waals surface area contributed by atoms with Gasteiger partial charge in [-0.05, 0) is 28.1 Å². The summed E-state index contributed by atoms with van der Waals surface area (Å²) in [6.45, 7) is 0. The minimum absolute atomic E-state index is 0.811. The van der Waals surface area contributed by atoms with Crippen molar-refractivity contribution in [2.24, 2.45) is 0 Å². The van der Waals surface area contributed by atoms with Crippen LogP contribution in [0.5, 0.6) is 0 Å². The van der Waals surface area contributed by atoms with Gasteiger partial charge in [0.25, 0.3) is 0 Å². The molecule has 50 valence electrons. The molecule has 0 fully saturated rings. The lowest BCUT2D eigenvalue weighted by Gasteiger charge is -1.85. The van der Waals surface area contributed by atoms with E-state index in [1.165, 1.54) is 0 Å². The zero-order valence-electron chi connectivity index (χ0n) is 5.03. The van der Waals surface area contributed by atoms with Crippen LogP contribution in [0.1, 0.15) is 0 Å². The molecule has 0 aliphatic rings. The first-order valence-corrected chi connectivity index (χ1v) is 3.61. The van der Waals surface area contributed by atoms with Crippen molar-refractivity contribution < 1.29 is 0 Å². The van der Waals surface area contributed by atoms with Crippen LogP contribution in [0, 0.1) is 0 Å². The molecule has 0 aliphatic heterocycles. The van der Waals surface area contributed by atoms with Gasteiger partial charge in [-0.2, -0.15) is 5.10 Å². The van der Waals surface area contributed by atoms with Crippen LogP contribution in [0.2, 0.25) is 0 Å². The van der Waals surface area contributed by atoms with Crippen molar-refractivity contribution in [3.8, 4) is 0 Å². The summed E-state index contributed by atoms with van der Waals surface area (Å²) in [4.78, 5) is 4.13. The third kappa shape index (κ3) is 0.806. The lowest BCUT2D eigenvalue weighted by molar-refractivity contribution is 0.935. The Labute approximate surface area is 65.8 Å². The third-order valence-corrected chi connectivity index (χ3v) is 1.59. The largest absolute Gasteiger partial charge is 0.220 e. The molecule has 0 N–H and O–H groups in total. The molecule has 0 spiro atoms. The van der Waals surface area contributed by atoms with Crippen LogP contribution in [0.3, 0.4) is 0 Å². The summed E-state index contributed by atoms with van der Waals surface area (Å²) in [6.07, 6.45) is 3.54. The molecule has 2 rings (SSSR count). The third-order valence-electron chi connectivity index (χ3n) is 1.21. The molecule has 0 unspecified atom stereocenters. The highest BCUT2D eigenvalue weighted by molar-refractivity contribution is 9.10. The van der Waals surface area contributed by atoms with Gasteiger partial charge in [-0.25, -0.2) is 9.50 Å². The Morgan fingerprint density at radius 3 is 3.20 bits per heavy atom. The second kappa shape index (κ2) is 2.05. The molecule has 0 amide bonds. The van der Waals surface area contributed by atoms with Crippen molar-refractivity contribution >= 4 is 21.6 Å². The summed E-state index contributed by atoms with van der Waals surface area (Å²) in [6, 6.07) is 3.76. The van der Waals surface area contributed by atoms with Gasteiger partial charge in [0.15, 0.2) is 5.65 Å². The second-order valence-corrected chi connectivity index (χ2v) is 2.70. The predicted octanol–water partition coefficient (Wildman–Crippen LogP) is 1.49. The number of fused-ring (bicyclic) bond motifs is 1. The van der Waals surface area contributed by atoms with E-state index in [4.69, 9.17) is 0 Å². The highest BCUT2D eigenvalue weighted by Crippen LogP contribution is 2.07. The van der Waals surface area contributed by atoms with Crippen LogP contribution in [0.4, 0.5) is 0 Å². The van der Waals surface area contributed by atoms with Crippen molar-refractivity contribution in [1.29, 1.82) is 0 Å². The van der Waals surface area contributed by atoms with E-state index in [-0.39, 0.29) is 0 Å². The average Bonchev–Trinajstić information content (AvgIpc) is 2.27. The Morgan fingerprint density at radius 1 is 1.50 bits per heavy atom. The molecule has 0 atom stereocenters. The van der Waals surface area contributed by atoms with Gasteiger partial charge in [0.05, 0.1) is 6.20 Å². The Hall–Kier alpha value is -0.900. The standard InChI is InChI=1S/C6H4BrN3/c7-5-4-10-6(9-5)2-1-3-8-10/h1-4H. The van der Waals surface area contributed by atoms with Gasteiger partial charge >= 0.3 is 0 Å². The van der Waals surface area contributed by atoms with Gasteiger partial charge in [-0.15, -0.1) is 0 Å². The molecular weight excluding hydrogens is 194 g/mol. The van der Waals surface area contributed by atoms with E-state index in [2.05, 4.69) is 26.0 Å². The maximum absolute atomic E-state index is 4.13. The molecule has 2 heterocycles. The Balaban J connectivity index is 2.88. The van der Waals surface area contributed by atoms with E-state index in [0.29, 0.717) is 0 Å². The zero-order chi connectivity index (χ0) is 6.97. The lowest BCUT2D eigenvalue weighted by Crippen LogP contribution is -1.85. The molecule has 3 nitrogen and oxygen atoms in total. The van der Waals surface area contributed by atoms with Crippen LogP contribution in [0.15, 0.2) is 29.1 Å². The topological polar surface area (TPSA) is 30.2 Å². The number of hydrogen-bond donors (Lipinski definition) is 0. The van der Waals surface area contributed by atoms with Crippen LogP contribution >= 0.6 is 15.9 Å². The first kappa shape index (κ1) is 5.85. The molecule has 2 aromatic rings. The van der Waals surface area contributed by atoms with Crippen molar-refractivity contribution in [2.75, 3.05) is 0 Å². The molecule has 4 heteroatoms. The van der Waals surface area contributed by atoms with Crippen LogP contribution in [-0.2, 0) is 0 Å². The van der Waals surface area contributed by atoms with E-state index >= 15 is 0 Å². The van der Waals surface area contributed by atoms with Gasteiger partial charge in [-0.3, -0.25) is 0 Å². The lowest BCUT2D eigenvalue weighted by atomic mass is 10.6. The first-order valence-electron chi connectivity index (χ1n) is 2.82. The normalized spacial score (nSPS) is 10.5. The molecule has 0 saturated heterocycles. The van der Waals surface area contributed by atoms with E-state index in [1.54, 1.807) is 10.7 Å². The fourth-order valence-electron chi connectivity index (χ4n) is 0.802. The smallest absolute Gasteiger partial charge is 0.154 e. The summed E-state index contributed by atoms with van der Waals surface area (Å²) in [5, 5.41) is 4.03.